The molecule has 0 aromatic carbocycles. The van der Waals surface area contributed by atoms with Gasteiger partial charge in [0.2, 0.25) is 5.91 Å². The predicted octanol–water partition coefficient (Wildman–Crippen LogP) is 2.37. The van der Waals surface area contributed by atoms with Gasteiger partial charge in [-0.2, -0.15) is 4.68 Å². The summed E-state index contributed by atoms with van der Waals surface area (Å²) in [5.41, 5.74) is 0. The third kappa shape index (κ3) is 4.05. The van der Waals surface area contributed by atoms with E-state index in [1.165, 1.54) is 23.4 Å². The van der Waals surface area contributed by atoms with Crippen molar-refractivity contribution in [3.8, 4) is 0 Å². The highest BCUT2D eigenvalue weighted by Gasteiger charge is 2.31. The Balaban J connectivity index is 1.95. The second kappa shape index (κ2) is 6.89. The fourth-order valence-electron chi connectivity index (χ4n) is 3.30. The molecule has 122 valence electrons. The molecule has 1 fully saturated rings. The van der Waals surface area contributed by atoms with Crippen molar-refractivity contribution < 1.29 is 9.72 Å². The molecule has 0 radical (unpaired) electrons. The molecule has 22 heavy (non-hydrogen) atoms. The van der Waals surface area contributed by atoms with E-state index in [0.29, 0.717) is 17.8 Å². The molecule has 1 saturated carbocycles. The number of nitrogens with one attached hydrogen (secondary N) is 1. The minimum atomic E-state index is -0.563. The molecule has 1 aliphatic rings. The number of aromatic nitrogens is 2. The van der Waals surface area contributed by atoms with Crippen molar-refractivity contribution in [1.29, 1.82) is 0 Å². The molecule has 2 rings (SSSR count). The first-order valence-corrected chi connectivity index (χ1v) is 7.84. The lowest BCUT2D eigenvalue weighted by atomic mass is 9.74. The van der Waals surface area contributed by atoms with Crippen molar-refractivity contribution in [2.24, 2.45) is 17.8 Å². The number of rotatable bonds is 5. The van der Waals surface area contributed by atoms with Crippen LogP contribution in [0.3, 0.4) is 0 Å². The Morgan fingerprint density at radius 1 is 1.55 bits per heavy atom. The smallest absolute Gasteiger partial charge is 0.358 e. The average molecular weight is 308 g/mol. The van der Waals surface area contributed by atoms with E-state index in [1.807, 2.05) is 0 Å². The lowest BCUT2D eigenvalue weighted by Gasteiger charge is -2.37. The Morgan fingerprint density at radius 3 is 2.86 bits per heavy atom. The highest BCUT2D eigenvalue weighted by atomic mass is 16.6. The van der Waals surface area contributed by atoms with Crippen LogP contribution in [0.2, 0.25) is 0 Å². The maximum Gasteiger partial charge on any atom is 0.389 e. The van der Waals surface area contributed by atoms with Gasteiger partial charge in [0.25, 0.3) is 0 Å². The van der Waals surface area contributed by atoms with E-state index >= 15 is 0 Å². The molecule has 1 aromatic heterocycles. The van der Waals surface area contributed by atoms with Crippen molar-refractivity contribution in [3.63, 3.8) is 0 Å². The first kappa shape index (κ1) is 16.5. The number of nitro groups is 1. The van der Waals surface area contributed by atoms with E-state index in [0.717, 1.165) is 12.8 Å². The number of carbonyl (C=O) groups excluding carboxylic acids is 1. The zero-order valence-electron chi connectivity index (χ0n) is 13.4. The van der Waals surface area contributed by atoms with Crippen molar-refractivity contribution in [2.45, 2.75) is 52.6 Å². The average Bonchev–Trinajstić information content (AvgIpc) is 2.86. The van der Waals surface area contributed by atoms with Crippen LogP contribution in [0.1, 0.15) is 40.0 Å². The van der Waals surface area contributed by atoms with Gasteiger partial charge in [-0.3, -0.25) is 4.79 Å². The number of nitrogens with zero attached hydrogens (tertiary/aromatic N) is 3. The van der Waals surface area contributed by atoms with Crippen molar-refractivity contribution >= 4 is 11.7 Å². The molecular weight excluding hydrogens is 284 g/mol. The van der Waals surface area contributed by atoms with Crippen LogP contribution in [0.25, 0.3) is 0 Å². The summed E-state index contributed by atoms with van der Waals surface area (Å²) in [6, 6.07) is 1.48. The lowest BCUT2D eigenvalue weighted by molar-refractivity contribution is -0.389. The topological polar surface area (TPSA) is 90.1 Å². The molecule has 1 aromatic rings. The van der Waals surface area contributed by atoms with E-state index in [1.54, 1.807) is 0 Å². The maximum atomic E-state index is 12.2. The highest BCUT2D eigenvalue weighted by molar-refractivity contribution is 5.76. The summed E-state index contributed by atoms with van der Waals surface area (Å²) < 4.78 is 1.31. The van der Waals surface area contributed by atoms with Crippen LogP contribution in [-0.2, 0) is 11.3 Å². The van der Waals surface area contributed by atoms with Gasteiger partial charge in [0.15, 0.2) is 0 Å². The zero-order valence-corrected chi connectivity index (χ0v) is 13.4. The number of carbonyl (C=O) groups is 1. The molecule has 3 atom stereocenters. The van der Waals surface area contributed by atoms with Crippen LogP contribution in [0.5, 0.6) is 0 Å². The van der Waals surface area contributed by atoms with Gasteiger partial charge in [-0.05, 0) is 35.5 Å². The van der Waals surface area contributed by atoms with Gasteiger partial charge in [-0.25, -0.2) is 0 Å². The van der Waals surface area contributed by atoms with Crippen LogP contribution in [0.15, 0.2) is 12.3 Å². The summed E-state index contributed by atoms with van der Waals surface area (Å²) in [4.78, 5) is 22.2. The monoisotopic (exact) mass is 308 g/mol. The Kier molecular flexibility index (Phi) is 5.15. The van der Waals surface area contributed by atoms with Crippen LogP contribution < -0.4 is 5.32 Å². The largest absolute Gasteiger partial charge is 0.389 e. The molecule has 1 amide bonds. The minimum absolute atomic E-state index is 0.0174. The molecule has 0 unspecified atom stereocenters. The molecule has 0 spiro atoms. The lowest BCUT2D eigenvalue weighted by Crippen LogP contribution is -2.46. The zero-order chi connectivity index (χ0) is 16.3. The standard InChI is InChI=1S/C15H24N4O3/c1-10(2)12-5-4-11(3)8-13(12)16-15(20)9-18-7-6-14(17-18)19(21)22/h6-7,10-13H,4-5,8-9H2,1-3H3,(H,16,20)/t11-,12+,13+/m1/s1. The van der Waals surface area contributed by atoms with Gasteiger partial charge in [-0.1, -0.05) is 27.2 Å². The van der Waals surface area contributed by atoms with Gasteiger partial charge in [-0.15, -0.1) is 0 Å². The summed E-state index contributed by atoms with van der Waals surface area (Å²) in [5, 5.41) is 17.5. The first-order valence-electron chi connectivity index (χ1n) is 7.84. The van der Waals surface area contributed by atoms with Crippen molar-refractivity contribution in [3.05, 3.63) is 22.4 Å². The molecule has 7 heteroatoms. The van der Waals surface area contributed by atoms with Crippen LogP contribution in [0, 0.1) is 27.9 Å². The van der Waals surface area contributed by atoms with Gasteiger partial charge in [0.1, 0.15) is 6.54 Å². The number of amides is 1. The van der Waals surface area contributed by atoms with Gasteiger partial charge >= 0.3 is 5.82 Å². The fraction of sp³-hybridized carbons (Fsp3) is 0.733. The Labute approximate surface area is 130 Å². The third-order valence-corrected chi connectivity index (χ3v) is 4.49. The molecule has 1 N–H and O–H groups in total. The maximum absolute atomic E-state index is 12.2. The molecule has 0 bridgehead atoms. The van der Waals surface area contributed by atoms with Crippen molar-refractivity contribution in [2.75, 3.05) is 0 Å². The SMILES string of the molecule is CC(C)[C@@H]1CC[C@@H](C)C[C@@H]1NC(=O)Cn1ccc([N+](=O)[O-])n1. The minimum Gasteiger partial charge on any atom is -0.358 e. The van der Waals surface area contributed by atoms with E-state index in [4.69, 9.17) is 0 Å². The summed E-state index contributed by atoms with van der Waals surface area (Å²) >= 11 is 0. The molecule has 0 aliphatic heterocycles. The number of hydrogen-bond acceptors (Lipinski definition) is 4. The van der Waals surface area contributed by atoms with Gasteiger partial charge < -0.3 is 15.4 Å². The second-order valence-electron chi connectivity index (χ2n) is 6.63. The fourth-order valence-corrected chi connectivity index (χ4v) is 3.30. The Bertz CT molecular complexity index is 541. The second-order valence-corrected chi connectivity index (χ2v) is 6.63. The normalized spacial score (nSPS) is 25.2. The summed E-state index contributed by atoms with van der Waals surface area (Å²) in [6.45, 7) is 6.61. The van der Waals surface area contributed by atoms with E-state index in [9.17, 15) is 14.9 Å². The van der Waals surface area contributed by atoms with Gasteiger partial charge in [0.05, 0.1) is 17.4 Å². The highest BCUT2D eigenvalue weighted by Crippen LogP contribution is 2.33. The summed E-state index contributed by atoms with van der Waals surface area (Å²) in [5.74, 6) is 1.27. The van der Waals surface area contributed by atoms with Gasteiger partial charge in [0, 0.05) is 6.04 Å². The molecular formula is C15H24N4O3. The Morgan fingerprint density at radius 2 is 2.27 bits per heavy atom. The van der Waals surface area contributed by atoms with E-state index < -0.39 is 4.92 Å². The molecule has 1 heterocycles. The predicted molar refractivity (Wildman–Crippen MR) is 82.2 cm³/mol. The van der Waals surface area contributed by atoms with E-state index in [-0.39, 0.29) is 24.3 Å². The van der Waals surface area contributed by atoms with E-state index in [2.05, 4.69) is 31.2 Å². The quantitative estimate of drug-likeness (QED) is 0.668. The first-order chi connectivity index (χ1) is 10.4. The molecule has 1 aliphatic carbocycles. The van der Waals surface area contributed by atoms with Crippen LogP contribution in [0.4, 0.5) is 5.82 Å². The third-order valence-electron chi connectivity index (χ3n) is 4.49. The summed E-state index contributed by atoms with van der Waals surface area (Å²) in [7, 11) is 0. The number of hydrogen-bond donors (Lipinski definition) is 1. The molecule has 0 saturated heterocycles. The summed E-state index contributed by atoms with van der Waals surface area (Å²) in [6.07, 6.45) is 4.80. The van der Waals surface area contributed by atoms with Crippen molar-refractivity contribution in [1.82, 2.24) is 15.1 Å². The Hall–Kier alpha value is -1.92. The van der Waals surface area contributed by atoms with Crippen LogP contribution in [-0.4, -0.2) is 26.7 Å². The molecule has 7 nitrogen and oxygen atoms in total. The van der Waals surface area contributed by atoms with Crippen LogP contribution >= 0.6 is 0 Å².